The molecule has 2 fully saturated rings. The summed E-state index contributed by atoms with van der Waals surface area (Å²) in [5.41, 5.74) is -0.133. The zero-order chi connectivity index (χ0) is 15.2. The molecule has 0 radical (unpaired) electrons. The molecular weight excluding hydrogens is 296 g/mol. The SMILES string of the molecule is O=[N+]([O-])c1ccc(S(=O)(=O)N2C3CCC2CC(O)C3)cc1. The van der Waals surface area contributed by atoms with Crippen molar-refractivity contribution in [2.24, 2.45) is 0 Å². The van der Waals surface area contributed by atoms with Gasteiger partial charge in [0.2, 0.25) is 10.0 Å². The topological polar surface area (TPSA) is 101 Å². The fourth-order valence-corrected chi connectivity index (χ4v) is 5.25. The number of sulfonamides is 1. The molecule has 2 saturated heterocycles. The van der Waals surface area contributed by atoms with Gasteiger partial charge in [0.25, 0.3) is 5.69 Å². The van der Waals surface area contributed by atoms with E-state index in [9.17, 15) is 23.6 Å². The lowest BCUT2D eigenvalue weighted by molar-refractivity contribution is -0.384. The van der Waals surface area contributed by atoms with Crippen LogP contribution in [-0.4, -0.2) is 40.9 Å². The Kier molecular flexibility index (Phi) is 3.46. The first kappa shape index (κ1) is 14.4. The van der Waals surface area contributed by atoms with Crippen LogP contribution in [0.25, 0.3) is 0 Å². The van der Waals surface area contributed by atoms with E-state index in [0.717, 1.165) is 12.8 Å². The van der Waals surface area contributed by atoms with E-state index < -0.39 is 21.1 Å². The number of nitrogens with zero attached hydrogens (tertiary/aromatic N) is 2. The van der Waals surface area contributed by atoms with Crippen LogP contribution in [0.15, 0.2) is 29.2 Å². The zero-order valence-electron chi connectivity index (χ0n) is 11.3. The van der Waals surface area contributed by atoms with E-state index in [0.29, 0.717) is 12.8 Å². The van der Waals surface area contributed by atoms with Gasteiger partial charge in [-0.05, 0) is 37.8 Å². The van der Waals surface area contributed by atoms with Crippen molar-refractivity contribution in [1.29, 1.82) is 0 Å². The molecule has 1 aromatic carbocycles. The van der Waals surface area contributed by atoms with Gasteiger partial charge in [0.15, 0.2) is 0 Å². The van der Waals surface area contributed by atoms with Crippen LogP contribution < -0.4 is 0 Å². The average molecular weight is 312 g/mol. The first-order valence-corrected chi connectivity index (χ1v) is 8.29. The van der Waals surface area contributed by atoms with E-state index in [1.165, 1.54) is 28.6 Å². The molecule has 2 aliphatic rings. The third-order valence-electron chi connectivity index (χ3n) is 4.26. The second-order valence-corrected chi connectivity index (χ2v) is 7.44. The van der Waals surface area contributed by atoms with Crippen molar-refractivity contribution in [3.05, 3.63) is 34.4 Å². The van der Waals surface area contributed by atoms with Crippen LogP contribution in [0.4, 0.5) is 5.69 Å². The molecular formula is C13H16N2O5S. The van der Waals surface area contributed by atoms with Crippen molar-refractivity contribution in [3.63, 3.8) is 0 Å². The van der Waals surface area contributed by atoms with Crippen LogP contribution in [0, 0.1) is 10.1 Å². The Hall–Kier alpha value is -1.51. The lowest BCUT2D eigenvalue weighted by Gasteiger charge is -2.35. The first-order chi connectivity index (χ1) is 9.89. The summed E-state index contributed by atoms with van der Waals surface area (Å²) in [6.45, 7) is 0. The molecule has 0 saturated carbocycles. The second kappa shape index (κ2) is 5.04. The Bertz CT molecular complexity index is 644. The van der Waals surface area contributed by atoms with Gasteiger partial charge in [-0.25, -0.2) is 8.42 Å². The number of non-ortho nitro benzene ring substituents is 1. The van der Waals surface area contributed by atoms with E-state index in [4.69, 9.17) is 0 Å². The quantitative estimate of drug-likeness (QED) is 0.669. The van der Waals surface area contributed by atoms with Crippen LogP contribution in [0.3, 0.4) is 0 Å². The Morgan fingerprint density at radius 1 is 1.14 bits per heavy atom. The molecule has 2 atom stereocenters. The molecule has 21 heavy (non-hydrogen) atoms. The van der Waals surface area contributed by atoms with E-state index >= 15 is 0 Å². The van der Waals surface area contributed by atoms with Gasteiger partial charge in [-0.3, -0.25) is 10.1 Å². The Balaban J connectivity index is 1.92. The van der Waals surface area contributed by atoms with E-state index in [1.54, 1.807) is 0 Å². The van der Waals surface area contributed by atoms with Crippen molar-refractivity contribution in [2.75, 3.05) is 0 Å². The second-order valence-electron chi connectivity index (χ2n) is 5.60. The molecule has 114 valence electrons. The summed E-state index contributed by atoms with van der Waals surface area (Å²) in [6.07, 6.45) is 2.00. The molecule has 7 nitrogen and oxygen atoms in total. The summed E-state index contributed by atoms with van der Waals surface area (Å²) < 4.78 is 26.9. The largest absolute Gasteiger partial charge is 0.393 e. The minimum Gasteiger partial charge on any atom is -0.393 e. The van der Waals surface area contributed by atoms with E-state index in [2.05, 4.69) is 0 Å². The van der Waals surface area contributed by atoms with Crippen LogP contribution in [0.2, 0.25) is 0 Å². The van der Waals surface area contributed by atoms with Crippen molar-refractivity contribution in [2.45, 2.75) is 48.8 Å². The molecule has 8 heteroatoms. The zero-order valence-corrected chi connectivity index (χ0v) is 12.1. The number of benzene rings is 1. The molecule has 2 aliphatic heterocycles. The third-order valence-corrected chi connectivity index (χ3v) is 6.28. The normalized spacial score (nSPS) is 29.5. The maximum absolute atomic E-state index is 12.7. The number of hydrogen-bond acceptors (Lipinski definition) is 5. The Morgan fingerprint density at radius 3 is 2.14 bits per heavy atom. The molecule has 0 spiro atoms. The minimum absolute atomic E-state index is 0.0707. The predicted molar refractivity (Wildman–Crippen MR) is 74.2 cm³/mol. The molecule has 2 heterocycles. The summed E-state index contributed by atoms with van der Waals surface area (Å²) >= 11 is 0. The number of nitro groups is 1. The third kappa shape index (κ3) is 2.43. The van der Waals surface area contributed by atoms with Crippen LogP contribution in [0.5, 0.6) is 0 Å². The summed E-state index contributed by atoms with van der Waals surface area (Å²) in [5, 5.41) is 20.4. The molecule has 0 aromatic heterocycles. The monoisotopic (exact) mass is 312 g/mol. The maximum atomic E-state index is 12.7. The summed E-state index contributed by atoms with van der Waals surface area (Å²) in [6, 6.07) is 4.62. The number of fused-ring (bicyclic) bond motifs is 2. The van der Waals surface area contributed by atoms with Gasteiger partial charge in [-0.15, -0.1) is 0 Å². The summed E-state index contributed by atoms with van der Waals surface area (Å²) in [4.78, 5) is 10.1. The Labute approximate surface area is 122 Å². The number of aliphatic hydroxyl groups excluding tert-OH is 1. The number of hydrogen-bond donors (Lipinski definition) is 1. The fraction of sp³-hybridized carbons (Fsp3) is 0.538. The Morgan fingerprint density at radius 2 is 1.67 bits per heavy atom. The highest BCUT2D eigenvalue weighted by Gasteiger charge is 2.46. The first-order valence-electron chi connectivity index (χ1n) is 6.85. The van der Waals surface area contributed by atoms with Gasteiger partial charge < -0.3 is 5.11 Å². The minimum atomic E-state index is -3.66. The molecule has 1 aromatic rings. The van der Waals surface area contributed by atoms with Gasteiger partial charge in [0.1, 0.15) is 0 Å². The van der Waals surface area contributed by atoms with Crippen molar-refractivity contribution in [1.82, 2.24) is 4.31 Å². The fourth-order valence-electron chi connectivity index (χ4n) is 3.36. The number of aliphatic hydroxyl groups is 1. The number of rotatable bonds is 3. The lowest BCUT2D eigenvalue weighted by Crippen LogP contribution is -2.47. The van der Waals surface area contributed by atoms with Gasteiger partial charge in [-0.1, -0.05) is 0 Å². The van der Waals surface area contributed by atoms with Crippen molar-refractivity contribution >= 4 is 15.7 Å². The highest BCUT2D eigenvalue weighted by Crippen LogP contribution is 2.39. The molecule has 2 bridgehead atoms. The van der Waals surface area contributed by atoms with Gasteiger partial charge >= 0.3 is 0 Å². The van der Waals surface area contributed by atoms with E-state index in [1.807, 2.05) is 0 Å². The average Bonchev–Trinajstić information content (AvgIpc) is 2.72. The van der Waals surface area contributed by atoms with Crippen LogP contribution in [0.1, 0.15) is 25.7 Å². The maximum Gasteiger partial charge on any atom is 0.269 e. The molecule has 1 N–H and O–H groups in total. The standard InChI is InChI=1S/C13H16N2O5S/c16-12-7-10-1-2-11(8-12)14(10)21(19,20)13-5-3-9(4-6-13)15(17)18/h3-6,10-12,16H,1-2,7-8H2. The number of nitro benzene ring substituents is 1. The summed E-state index contributed by atoms with van der Waals surface area (Å²) in [7, 11) is -3.66. The summed E-state index contributed by atoms with van der Waals surface area (Å²) in [5.74, 6) is 0. The van der Waals surface area contributed by atoms with Crippen LogP contribution >= 0.6 is 0 Å². The smallest absolute Gasteiger partial charge is 0.269 e. The highest BCUT2D eigenvalue weighted by molar-refractivity contribution is 7.89. The number of piperidine rings is 1. The van der Waals surface area contributed by atoms with Gasteiger partial charge in [0.05, 0.1) is 15.9 Å². The van der Waals surface area contributed by atoms with E-state index in [-0.39, 0.29) is 22.7 Å². The van der Waals surface area contributed by atoms with Gasteiger partial charge in [0, 0.05) is 24.2 Å². The van der Waals surface area contributed by atoms with Crippen molar-refractivity contribution in [3.8, 4) is 0 Å². The molecule has 0 aliphatic carbocycles. The molecule has 0 amide bonds. The molecule has 2 unspecified atom stereocenters. The predicted octanol–water partition coefficient (Wildman–Crippen LogP) is 1.27. The lowest BCUT2D eigenvalue weighted by atomic mass is 10.0. The van der Waals surface area contributed by atoms with Crippen molar-refractivity contribution < 1.29 is 18.4 Å². The molecule has 3 rings (SSSR count). The van der Waals surface area contributed by atoms with Crippen LogP contribution in [-0.2, 0) is 10.0 Å². The highest BCUT2D eigenvalue weighted by atomic mass is 32.2. The van der Waals surface area contributed by atoms with Gasteiger partial charge in [-0.2, -0.15) is 4.31 Å².